The Balaban J connectivity index is 2.70. The molecule has 5 heteroatoms. The third-order valence-electron chi connectivity index (χ3n) is 2.30. The van der Waals surface area contributed by atoms with Crippen molar-refractivity contribution in [1.29, 1.82) is 0 Å². The number of methoxy groups -OCH3 is 1. The summed E-state index contributed by atoms with van der Waals surface area (Å²) in [6.07, 6.45) is 0.537. The lowest BCUT2D eigenvalue weighted by Gasteiger charge is -2.17. The zero-order chi connectivity index (χ0) is 12.7. The van der Waals surface area contributed by atoms with E-state index in [1.54, 1.807) is 7.05 Å². The van der Waals surface area contributed by atoms with Gasteiger partial charge in [0.15, 0.2) is 5.11 Å². The summed E-state index contributed by atoms with van der Waals surface area (Å²) >= 11 is 4.98. The minimum absolute atomic E-state index is 0.327. The van der Waals surface area contributed by atoms with E-state index in [1.807, 2.05) is 30.3 Å². The Bertz CT molecular complexity index is 381. The van der Waals surface area contributed by atoms with Crippen LogP contribution in [0.3, 0.4) is 0 Å². The molecule has 0 aliphatic rings. The SMILES string of the molecule is CNC(=S)NC(Cc1ccccc1)C(=O)OC. The number of rotatable bonds is 4. The highest BCUT2D eigenvalue weighted by Crippen LogP contribution is 2.04. The Kier molecular flexibility index (Phi) is 5.42. The van der Waals surface area contributed by atoms with Gasteiger partial charge in [-0.25, -0.2) is 4.79 Å². The molecule has 0 saturated carbocycles. The standard InChI is InChI=1S/C12H16N2O2S/c1-13-12(17)14-10(11(15)16-2)8-9-6-4-3-5-7-9/h3-7,10H,8H2,1-2H3,(H2,13,14,17). The number of benzene rings is 1. The van der Waals surface area contributed by atoms with Crippen LogP contribution in [0.1, 0.15) is 5.56 Å². The second-order valence-corrected chi connectivity index (χ2v) is 3.90. The first-order valence-corrected chi connectivity index (χ1v) is 5.68. The lowest BCUT2D eigenvalue weighted by atomic mass is 10.1. The Labute approximate surface area is 106 Å². The fraction of sp³-hybridized carbons (Fsp3) is 0.333. The predicted molar refractivity (Wildman–Crippen MR) is 70.7 cm³/mol. The minimum atomic E-state index is -0.470. The van der Waals surface area contributed by atoms with E-state index < -0.39 is 6.04 Å². The van der Waals surface area contributed by atoms with E-state index in [2.05, 4.69) is 10.6 Å². The summed E-state index contributed by atoms with van der Waals surface area (Å²) in [4.78, 5) is 11.6. The number of hydrogen-bond donors (Lipinski definition) is 2. The minimum Gasteiger partial charge on any atom is -0.467 e. The predicted octanol–water partition coefficient (Wildman–Crippen LogP) is 0.865. The molecule has 1 rings (SSSR count). The van der Waals surface area contributed by atoms with Gasteiger partial charge in [-0.05, 0) is 17.8 Å². The Morgan fingerprint density at radius 2 is 2.06 bits per heavy atom. The smallest absolute Gasteiger partial charge is 0.328 e. The van der Waals surface area contributed by atoms with Crippen LogP contribution in [-0.2, 0) is 16.0 Å². The molecule has 0 aliphatic heterocycles. The molecule has 1 aromatic rings. The molecule has 0 amide bonds. The fourth-order valence-electron chi connectivity index (χ4n) is 1.42. The third kappa shape index (κ3) is 4.40. The largest absolute Gasteiger partial charge is 0.467 e. The molecule has 1 unspecified atom stereocenters. The Morgan fingerprint density at radius 3 is 2.59 bits per heavy atom. The van der Waals surface area contributed by atoms with Crippen molar-refractivity contribution in [3.8, 4) is 0 Å². The molecule has 0 spiro atoms. The highest BCUT2D eigenvalue weighted by molar-refractivity contribution is 7.80. The van der Waals surface area contributed by atoms with Crippen molar-refractivity contribution in [1.82, 2.24) is 10.6 Å². The molecule has 0 radical (unpaired) electrons. The molecule has 92 valence electrons. The van der Waals surface area contributed by atoms with Crippen LogP contribution in [0.25, 0.3) is 0 Å². The van der Waals surface area contributed by atoms with Crippen molar-refractivity contribution < 1.29 is 9.53 Å². The first-order valence-electron chi connectivity index (χ1n) is 5.27. The van der Waals surface area contributed by atoms with Gasteiger partial charge in [0.05, 0.1) is 7.11 Å². The number of ether oxygens (including phenoxy) is 1. The molecule has 1 aromatic carbocycles. The highest BCUT2D eigenvalue weighted by Gasteiger charge is 2.19. The maximum atomic E-state index is 11.6. The average molecular weight is 252 g/mol. The van der Waals surface area contributed by atoms with Crippen molar-refractivity contribution in [2.75, 3.05) is 14.2 Å². The van der Waals surface area contributed by atoms with E-state index >= 15 is 0 Å². The van der Waals surface area contributed by atoms with Crippen LogP contribution in [0.2, 0.25) is 0 Å². The molecule has 17 heavy (non-hydrogen) atoms. The van der Waals surface area contributed by atoms with Gasteiger partial charge in [-0.3, -0.25) is 0 Å². The molecule has 4 nitrogen and oxygen atoms in total. The van der Waals surface area contributed by atoms with E-state index in [4.69, 9.17) is 17.0 Å². The van der Waals surface area contributed by atoms with Crippen LogP contribution < -0.4 is 10.6 Å². The van der Waals surface area contributed by atoms with Gasteiger partial charge in [0, 0.05) is 13.5 Å². The molecule has 0 bridgehead atoms. The maximum Gasteiger partial charge on any atom is 0.328 e. The van der Waals surface area contributed by atoms with E-state index in [9.17, 15) is 4.79 Å². The third-order valence-corrected chi connectivity index (χ3v) is 2.62. The lowest BCUT2D eigenvalue weighted by molar-refractivity contribution is -0.142. The van der Waals surface area contributed by atoms with Gasteiger partial charge in [-0.2, -0.15) is 0 Å². The topological polar surface area (TPSA) is 50.4 Å². The first kappa shape index (κ1) is 13.4. The van der Waals surface area contributed by atoms with Crippen molar-refractivity contribution in [2.45, 2.75) is 12.5 Å². The van der Waals surface area contributed by atoms with Crippen LogP contribution >= 0.6 is 12.2 Å². The van der Waals surface area contributed by atoms with Gasteiger partial charge >= 0.3 is 5.97 Å². The summed E-state index contributed by atoms with van der Waals surface area (Å²) in [5, 5.41) is 6.11. The number of thiocarbonyl (C=S) groups is 1. The quantitative estimate of drug-likeness (QED) is 0.615. The van der Waals surface area contributed by atoms with E-state index in [0.29, 0.717) is 11.5 Å². The zero-order valence-corrected chi connectivity index (χ0v) is 10.7. The summed E-state index contributed by atoms with van der Waals surface area (Å²) in [6.45, 7) is 0. The molecule has 0 aromatic heterocycles. The van der Waals surface area contributed by atoms with Crippen LogP contribution in [0.15, 0.2) is 30.3 Å². The van der Waals surface area contributed by atoms with Gasteiger partial charge in [0.25, 0.3) is 0 Å². The molecule has 0 saturated heterocycles. The number of carbonyl (C=O) groups is 1. The maximum absolute atomic E-state index is 11.6. The van der Waals surface area contributed by atoms with Gasteiger partial charge in [-0.15, -0.1) is 0 Å². The van der Waals surface area contributed by atoms with Gasteiger partial charge < -0.3 is 15.4 Å². The Hall–Kier alpha value is -1.62. The van der Waals surface area contributed by atoms with Crippen LogP contribution in [-0.4, -0.2) is 31.3 Å². The number of nitrogens with one attached hydrogen (secondary N) is 2. The molecular formula is C12H16N2O2S. The number of hydrogen-bond acceptors (Lipinski definition) is 3. The Morgan fingerprint density at radius 1 is 1.41 bits per heavy atom. The number of esters is 1. The second-order valence-electron chi connectivity index (χ2n) is 3.49. The van der Waals surface area contributed by atoms with E-state index in [0.717, 1.165) is 5.56 Å². The lowest BCUT2D eigenvalue weighted by Crippen LogP contribution is -2.46. The molecule has 2 N–H and O–H groups in total. The summed E-state index contributed by atoms with van der Waals surface area (Å²) in [6, 6.07) is 9.24. The summed E-state index contributed by atoms with van der Waals surface area (Å²) in [5.41, 5.74) is 1.05. The normalized spacial score (nSPS) is 11.4. The first-order chi connectivity index (χ1) is 8.17. The summed E-state index contributed by atoms with van der Waals surface area (Å²) in [5.74, 6) is -0.327. The summed E-state index contributed by atoms with van der Waals surface area (Å²) in [7, 11) is 3.07. The van der Waals surface area contributed by atoms with Crippen LogP contribution in [0.5, 0.6) is 0 Å². The van der Waals surface area contributed by atoms with Crippen molar-refractivity contribution in [3.63, 3.8) is 0 Å². The number of carbonyl (C=O) groups excluding carboxylic acids is 1. The van der Waals surface area contributed by atoms with Crippen LogP contribution in [0, 0.1) is 0 Å². The molecule has 0 heterocycles. The van der Waals surface area contributed by atoms with Gasteiger partial charge in [0.2, 0.25) is 0 Å². The van der Waals surface area contributed by atoms with E-state index in [-0.39, 0.29) is 5.97 Å². The van der Waals surface area contributed by atoms with Gasteiger partial charge in [0.1, 0.15) is 6.04 Å². The van der Waals surface area contributed by atoms with Crippen molar-refractivity contribution in [3.05, 3.63) is 35.9 Å². The molecular weight excluding hydrogens is 236 g/mol. The van der Waals surface area contributed by atoms with Gasteiger partial charge in [-0.1, -0.05) is 30.3 Å². The van der Waals surface area contributed by atoms with Crippen molar-refractivity contribution in [2.24, 2.45) is 0 Å². The molecule has 0 fully saturated rings. The second kappa shape index (κ2) is 6.85. The van der Waals surface area contributed by atoms with Crippen molar-refractivity contribution >= 4 is 23.3 Å². The van der Waals surface area contributed by atoms with E-state index in [1.165, 1.54) is 7.11 Å². The monoisotopic (exact) mass is 252 g/mol. The molecule has 0 aliphatic carbocycles. The van der Waals surface area contributed by atoms with Crippen LogP contribution in [0.4, 0.5) is 0 Å². The summed E-state index contributed by atoms with van der Waals surface area (Å²) < 4.78 is 4.74. The molecule has 1 atom stereocenters. The fourth-order valence-corrected chi connectivity index (χ4v) is 1.56. The zero-order valence-electron chi connectivity index (χ0n) is 9.90. The average Bonchev–Trinajstić information content (AvgIpc) is 2.38. The highest BCUT2D eigenvalue weighted by atomic mass is 32.1.